The minimum Gasteiger partial charge on any atom is -0.310 e. The molecule has 0 fully saturated rings. The molecular weight excluding hydrogens is 261 g/mol. The van der Waals surface area contributed by atoms with Crippen molar-refractivity contribution in [2.24, 2.45) is 0 Å². The van der Waals surface area contributed by atoms with Gasteiger partial charge in [0.2, 0.25) is 0 Å². The molecule has 0 saturated heterocycles. The molecule has 0 spiro atoms. The Balaban J connectivity index is 1.99. The van der Waals surface area contributed by atoms with E-state index < -0.39 is 0 Å². The maximum Gasteiger partial charge on any atom is 0.131 e. The van der Waals surface area contributed by atoms with Crippen LogP contribution in [0.5, 0.6) is 0 Å². The van der Waals surface area contributed by atoms with E-state index in [-0.39, 0.29) is 11.9 Å². The van der Waals surface area contributed by atoms with Gasteiger partial charge < -0.3 is 5.32 Å². The van der Waals surface area contributed by atoms with Crippen LogP contribution < -0.4 is 5.32 Å². The number of fused-ring (bicyclic) bond motifs is 1. The van der Waals surface area contributed by atoms with Crippen molar-refractivity contribution in [2.45, 2.75) is 39.2 Å². The van der Waals surface area contributed by atoms with E-state index in [0.29, 0.717) is 5.56 Å². The molecule has 2 aromatic rings. The molecule has 0 saturated carbocycles. The minimum atomic E-state index is -0.139. The lowest BCUT2D eigenvalue weighted by Crippen LogP contribution is -2.17. The van der Waals surface area contributed by atoms with E-state index >= 15 is 0 Å². The second-order valence-corrected chi connectivity index (χ2v) is 5.86. The molecule has 2 aromatic carbocycles. The molecule has 0 heterocycles. The molecule has 3 rings (SSSR count). The number of hydrogen-bond acceptors (Lipinski definition) is 1. The Morgan fingerprint density at radius 3 is 2.71 bits per heavy atom. The third-order valence-electron chi connectivity index (χ3n) is 4.41. The average molecular weight is 283 g/mol. The van der Waals surface area contributed by atoms with Crippen molar-refractivity contribution in [3.63, 3.8) is 0 Å². The number of rotatable bonds is 4. The topological polar surface area (TPSA) is 12.0 Å². The van der Waals surface area contributed by atoms with Crippen molar-refractivity contribution in [3.05, 3.63) is 58.9 Å². The molecular formula is C19H22FN. The monoisotopic (exact) mass is 283 g/mol. The summed E-state index contributed by atoms with van der Waals surface area (Å²) >= 11 is 0. The first-order valence-electron chi connectivity index (χ1n) is 7.84. The number of aryl methyl sites for hydroxylation is 2. The van der Waals surface area contributed by atoms with Crippen LogP contribution >= 0.6 is 0 Å². The lowest BCUT2D eigenvalue weighted by Gasteiger charge is -2.15. The van der Waals surface area contributed by atoms with Crippen molar-refractivity contribution >= 4 is 0 Å². The Labute approximate surface area is 126 Å². The van der Waals surface area contributed by atoms with Gasteiger partial charge in [-0.2, -0.15) is 0 Å². The summed E-state index contributed by atoms with van der Waals surface area (Å²) in [4.78, 5) is 0. The molecule has 0 radical (unpaired) electrons. The molecule has 110 valence electrons. The summed E-state index contributed by atoms with van der Waals surface area (Å²) in [5.74, 6) is -0.139. The lowest BCUT2D eigenvalue weighted by atomic mass is 9.97. The van der Waals surface area contributed by atoms with E-state index in [1.54, 1.807) is 6.07 Å². The van der Waals surface area contributed by atoms with Gasteiger partial charge >= 0.3 is 0 Å². The Kier molecular flexibility index (Phi) is 4.07. The van der Waals surface area contributed by atoms with E-state index in [9.17, 15) is 4.39 Å². The Morgan fingerprint density at radius 1 is 1.10 bits per heavy atom. The zero-order valence-corrected chi connectivity index (χ0v) is 12.7. The van der Waals surface area contributed by atoms with Crippen LogP contribution in [0.15, 0.2) is 36.4 Å². The summed E-state index contributed by atoms with van der Waals surface area (Å²) in [6.07, 6.45) is 3.51. The quantitative estimate of drug-likeness (QED) is 0.861. The first-order valence-corrected chi connectivity index (χ1v) is 7.84. The highest BCUT2D eigenvalue weighted by Crippen LogP contribution is 2.31. The van der Waals surface area contributed by atoms with Crippen LogP contribution in [0.1, 0.15) is 43.0 Å². The van der Waals surface area contributed by atoms with Gasteiger partial charge in [-0.05, 0) is 67.1 Å². The van der Waals surface area contributed by atoms with Gasteiger partial charge in [0.15, 0.2) is 0 Å². The Bertz CT molecular complexity index is 648. The van der Waals surface area contributed by atoms with Gasteiger partial charge in [-0.25, -0.2) is 4.39 Å². The van der Waals surface area contributed by atoms with E-state index in [1.165, 1.54) is 17.5 Å². The van der Waals surface area contributed by atoms with Crippen LogP contribution in [0.4, 0.5) is 4.39 Å². The van der Waals surface area contributed by atoms with Gasteiger partial charge in [0.1, 0.15) is 5.82 Å². The van der Waals surface area contributed by atoms with Crippen LogP contribution in [0.3, 0.4) is 0 Å². The molecule has 1 aliphatic carbocycles. The second kappa shape index (κ2) is 5.98. The molecule has 1 unspecified atom stereocenters. The fraction of sp³-hybridized carbons (Fsp3) is 0.368. The number of nitrogens with one attached hydrogen (secondary N) is 1. The third-order valence-corrected chi connectivity index (χ3v) is 4.41. The van der Waals surface area contributed by atoms with Crippen molar-refractivity contribution in [1.82, 2.24) is 5.32 Å². The third kappa shape index (κ3) is 2.86. The van der Waals surface area contributed by atoms with E-state index in [1.807, 2.05) is 12.1 Å². The van der Waals surface area contributed by atoms with Gasteiger partial charge in [0.25, 0.3) is 0 Å². The van der Waals surface area contributed by atoms with Gasteiger partial charge in [0, 0.05) is 11.6 Å². The summed E-state index contributed by atoms with van der Waals surface area (Å²) in [6, 6.07) is 12.1. The van der Waals surface area contributed by atoms with Crippen molar-refractivity contribution in [3.8, 4) is 11.1 Å². The van der Waals surface area contributed by atoms with E-state index in [0.717, 1.165) is 30.5 Å². The molecule has 0 amide bonds. The molecule has 1 aliphatic rings. The number of benzene rings is 2. The van der Waals surface area contributed by atoms with Gasteiger partial charge in [-0.15, -0.1) is 0 Å². The summed E-state index contributed by atoms with van der Waals surface area (Å²) in [5, 5.41) is 3.38. The fourth-order valence-electron chi connectivity index (χ4n) is 3.20. The lowest BCUT2D eigenvalue weighted by molar-refractivity contribution is 0.593. The Morgan fingerprint density at radius 2 is 1.90 bits per heavy atom. The first-order chi connectivity index (χ1) is 10.2. The number of hydrogen-bond donors (Lipinski definition) is 1. The standard InChI is InChI=1S/C19H22FN/c1-3-21-13(2)15-9-10-19(20)18(12-15)17-8-7-14-5-4-6-16(14)11-17/h7-13,21H,3-6H2,1-2H3. The van der Waals surface area contributed by atoms with Crippen LogP contribution in [0.2, 0.25) is 0 Å². The second-order valence-electron chi connectivity index (χ2n) is 5.86. The van der Waals surface area contributed by atoms with Gasteiger partial charge in [-0.1, -0.05) is 31.2 Å². The van der Waals surface area contributed by atoms with Crippen molar-refractivity contribution in [2.75, 3.05) is 6.54 Å². The smallest absolute Gasteiger partial charge is 0.131 e. The summed E-state index contributed by atoms with van der Waals surface area (Å²) in [5.41, 5.74) is 5.66. The summed E-state index contributed by atoms with van der Waals surface area (Å²) in [7, 11) is 0. The molecule has 21 heavy (non-hydrogen) atoms. The maximum atomic E-state index is 14.2. The summed E-state index contributed by atoms with van der Waals surface area (Å²) in [6.45, 7) is 5.11. The van der Waals surface area contributed by atoms with Crippen LogP contribution in [0.25, 0.3) is 11.1 Å². The minimum absolute atomic E-state index is 0.139. The molecule has 0 aliphatic heterocycles. The van der Waals surface area contributed by atoms with Gasteiger partial charge in [0.05, 0.1) is 0 Å². The first kappa shape index (κ1) is 14.3. The molecule has 0 aromatic heterocycles. The van der Waals surface area contributed by atoms with Crippen LogP contribution in [-0.4, -0.2) is 6.54 Å². The average Bonchev–Trinajstić information content (AvgIpc) is 2.95. The van der Waals surface area contributed by atoms with Crippen LogP contribution in [-0.2, 0) is 12.8 Å². The summed E-state index contributed by atoms with van der Waals surface area (Å²) < 4.78 is 14.2. The Hall–Kier alpha value is -1.67. The number of halogens is 1. The predicted octanol–water partition coefficient (Wildman–Crippen LogP) is 4.65. The van der Waals surface area contributed by atoms with E-state index in [2.05, 4.69) is 37.4 Å². The normalized spacial score (nSPS) is 15.0. The van der Waals surface area contributed by atoms with Gasteiger partial charge in [-0.3, -0.25) is 0 Å². The predicted molar refractivity (Wildman–Crippen MR) is 86.0 cm³/mol. The molecule has 0 bridgehead atoms. The molecule has 1 N–H and O–H groups in total. The molecule has 1 atom stereocenters. The highest BCUT2D eigenvalue weighted by molar-refractivity contribution is 5.67. The zero-order chi connectivity index (χ0) is 14.8. The van der Waals surface area contributed by atoms with Crippen molar-refractivity contribution < 1.29 is 4.39 Å². The van der Waals surface area contributed by atoms with Crippen LogP contribution in [0, 0.1) is 5.82 Å². The highest BCUT2D eigenvalue weighted by atomic mass is 19.1. The maximum absolute atomic E-state index is 14.2. The van der Waals surface area contributed by atoms with Crippen molar-refractivity contribution in [1.29, 1.82) is 0 Å². The highest BCUT2D eigenvalue weighted by Gasteiger charge is 2.14. The zero-order valence-electron chi connectivity index (χ0n) is 12.7. The fourth-order valence-corrected chi connectivity index (χ4v) is 3.20. The van der Waals surface area contributed by atoms with E-state index in [4.69, 9.17) is 0 Å². The molecule has 2 heteroatoms. The largest absolute Gasteiger partial charge is 0.310 e. The SMILES string of the molecule is CCNC(C)c1ccc(F)c(-c2ccc3c(c2)CCC3)c1. The molecule has 1 nitrogen and oxygen atoms in total.